The largest absolute Gasteiger partial charge is 0.493 e. The number of hydrogen-bond donors (Lipinski definition) is 1. The summed E-state index contributed by atoms with van der Waals surface area (Å²) in [7, 11) is 1.51. The Bertz CT molecular complexity index is 402. The van der Waals surface area contributed by atoms with Gasteiger partial charge in [0.1, 0.15) is 0 Å². The van der Waals surface area contributed by atoms with E-state index in [1.165, 1.54) is 7.11 Å². The van der Waals surface area contributed by atoms with Gasteiger partial charge in [0.05, 0.1) is 20.3 Å². The van der Waals surface area contributed by atoms with Crippen molar-refractivity contribution in [2.75, 3.05) is 13.7 Å². The minimum Gasteiger partial charge on any atom is -0.493 e. The molecular formula is C13H18O5. The summed E-state index contributed by atoms with van der Waals surface area (Å²) in [5.41, 5.74) is 0.682. The fourth-order valence-electron chi connectivity index (χ4n) is 1.41. The van der Waals surface area contributed by atoms with Crippen LogP contribution in [0.3, 0.4) is 0 Å². The number of benzene rings is 1. The summed E-state index contributed by atoms with van der Waals surface area (Å²) in [6, 6.07) is 5.04. The molecule has 1 aromatic rings. The van der Waals surface area contributed by atoms with Crippen molar-refractivity contribution in [3.63, 3.8) is 0 Å². The molecule has 1 atom stereocenters. The summed E-state index contributed by atoms with van der Waals surface area (Å²) in [4.78, 5) is 11.5. The third kappa shape index (κ3) is 3.63. The van der Waals surface area contributed by atoms with Crippen molar-refractivity contribution in [2.24, 2.45) is 0 Å². The van der Waals surface area contributed by atoms with Crippen molar-refractivity contribution in [3.8, 4) is 11.5 Å². The van der Waals surface area contributed by atoms with Gasteiger partial charge in [-0.2, -0.15) is 0 Å². The normalized spacial score (nSPS) is 11.8. The van der Waals surface area contributed by atoms with Crippen LogP contribution in [-0.4, -0.2) is 30.9 Å². The van der Waals surface area contributed by atoms with Gasteiger partial charge >= 0.3 is 5.97 Å². The van der Waals surface area contributed by atoms with Gasteiger partial charge in [-0.05, 0) is 31.5 Å². The van der Waals surface area contributed by atoms with Crippen molar-refractivity contribution in [3.05, 3.63) is 23.8 Å². The van der Waals surface area contributed by atoms with Gasteiger partial charge in [0.2, 0.25) is 0 Å². The summed E-state index contributed by atoms with van der Waals surface area (Å²) in [5, 5.41) is 9.07. The quantitative estimate of drug-likeness (QED) is 0.780. The maximum Gasteiger partial charge on any atom is 0.347 e. The van der Waals surface area contributed by atoms with E-state index in [9.17, 15) is 4.79 Å². The Labute approximate surface area is 106 Å². The van der Waals surface area contributed by atoms with Gasteiger partial charge in [-0.15, -0.1) is 0 Å². The summed E-state index contributed by atoms with van der Waals surface area (Å²) in [6.45, 7) is 3.54. The predicted molar refractivity (Wildman–Crippen MR) is 65.6 cm³/mol. The summed E-state index contributed by atoms with van der Waals surface area (Å²) in [6.07, 6.45) is -0.729. The molecule has 0 aliphatic rings. The molecule has 18 heavy (non-hydrogen) atoms. The fraction of sp³-hybridized carbons (Fsp3) is 0.462. The molecule has 0 radical (unpaired) electrons. The van der Waals surface area contributed by atoms with E-state index in [4.69, 9.17) is 19.3 Å². The molecule has 0 fully saturated rings. The minimum absolute atomic E-state index is 0.103. The Morgan fingerprint density at radius 2 is 2.11 bits per heavy atom. The summed E-state index contributed by atoms with van der Waals surface area (Å²) < 4.78 is 15.5. The van der Waals surface area contributed by atoms with Gasteiger partial charge in [-0.3, -0.25) is 0 Å². The maximum absolute atomic E-state index is 11.5. The standard InChI is InChI=1S/C13H18O5/c1-4-17-13(15)9(2)18-12-7-10(8-14)5-6-11(12)16-3/h5-7,9,14H,4,8H2,1-3H3. The van der Waals surface area contributed by atoms with Crippen molar-refractivity contribution >= 4 is 5.97 Å². The van der Waals surface area contributed by atoms with Crippen LogP contribution in [0.1, 0.15) is 19.4 Å². The highest BCUT2D eigenvalue weighted by molar-refractivity contribution is 5.74. The first-order chi connectivity index (χ1) is 8.62. The second-order valence-corrected chi connectivity index (χ2v) is 3.66. The summed E-state index contributed by atoms with van der Waals surface area (Å²) >= 11 is 0. The molecule has 5 heteroatoms. The third-order valence-corrected chi connectivity index (χ3v) is 2.33. The van der Waals surface area contributed by atoms with E-state index >= 15 is 0 Å². The molecule has 0 aromatic heterocycles. The number of hydrogen-bond acceptors (Lipinski definition) is 5. The van der Waals surface area contributed by atoms with Crippen molar-refractivity contribution < 1.29 is 24.1 Å². The van der Waals surface area contributed by atoms with Crippen LogP contribution in [0.15, 0.2) is 18.2 Å². The molecule has 1 aromatic carbocycles. The van der Waals surface area contributed by atoms with Gasteiger partial charge in [0.15, 0.2) is 17.6 Å². The van der Waals surface area contributed by atoms with Crippen molar-refractivity contribution in [1.29, 1.82) is 0 Å². The molecule has 1 N–H and O–H groups in total. The first-order valence-corrected chi connectivity index (χ1v) is 5.73. The van der Waals surface area contributed by atoms with Crippen LogP contribution in [0.25, 0.3) is 0 Å². The molecular weight excluding hydrogens is 236 g/mol. The van der Waals surface area contributed by atoms with Gasteiger partial charge < -0.3 is 19.3 Å². The third-order valence-electron chi connectivity index (χ3n) is 2.33. The van der Waals surface area contributed by atoms with E-state index in [-0.39, 0.29) is 6.61 Å². The Morgan fingerprint density at radius 1 is 1.39 bits per heavy atom. The number of aliphatic hydroxyl groups excluding tert-OH is 1. The van der Waals surface area contributed by atoms with Crippen molar-refractivity contribution in [1.82, 2.24) is 0 Å². The highest BCUT2D eigenvalue weighted by atomic mass is 16.6. The number of carbonyl (C=O) groups excluding carboxylic acids is 1. The first-order valence-electron chi connectivity index (χ1n) is 5.73. The zero-order chi connectivity index (χ0) is 13.5. The van der Waals surface area contributed by atoms with E-state index in [2.05, 4.69) is 0 Å². The van der Waals surface area contributed by atoms with E-state index in [1.54, 1.807) is 32.0 Å². The van der Waals surface area contributed by atoms with Crippen LogP contribution in [0.5, 0.6) is 11.5 Å². The number of aliphatic hydroxyl groups is 1. The molecule has 0 saturated heterocycles. The van der Waals surface area contributed by atoms with Gasteiger partial charge in [-0.25, -0.2) is 4.79 Å². The van der Waals surface area contributed by atoms with E-state index < -0.39 is 12.1 Å². The second kappa shape index (κ2) is 6.86. The Morgan fingerprint density at radius 3 is 2.67 bits per heavy atom. The fourth-order valence-corrected chi connectivity index (χ4v) is 1.41. The molecule has 0 saturated carbocycles. The number of rotatable bonds is 6. The van der Waals surface area contributed by atoms with Crippen LogP contribution in [0.2, 0.25) is 0 Å². The number of carbonyl (C=O) groups is 1. The second-order valence-electron chi connectivity index (χ2n) is 3.66. The molecule has 0 aliphatic heterocycles. The SMILES string of the molecule is CCOC(=O)C(C)Oc1cc(CO)ccc1OC. The van der Waals surface area contributed by atoms with Gasteiger partial charge in [0.25, 0.3) is 0 Å². The highest BCUT2D eigenvalue weighted by Gasteiger charge is 2.18. The zero-order valence-electron chi connectivity index (χ0n) is 10.8. The molecule has 0 aliphatic carbocycles. The molecule has 100 valence electrons. The lowest BCUT2D eigenvalue weighted by Crippen LogP contribution is -2.26. The maximum atomic E-state index is 11.5. The van der Waals surface area contributed by atoms with Gasteiger partial charge in [0, 0.05) is 0 Å². The lowest BCUT2D eigenvalue weighted by molar-refractivity contribution is -0.150. The molecule has 0 heterocycles. The average Bonchev–Trinajstić information content (AvgIpc) is 2.38. The molecule has 0 amide bonds. The minimum atomic E-state index is -0.729. The average molecular weight is 254 g/mol. The van der Waals surface area contributed by atoms with Crippen LogP contribution in [0, 0.1) is 0 Å². The lowest BCUT2D eigenvalue weighted by atomic mass is 10.2. The summed E-state index contributed by atoms with van der Waals surface area (Å²) in [5.74, 6) is 0.474. The molecule has 1 unspecified atom stereocenters. The van der Waals surface area contributed by atoms with Crippen LogP contribution >= 0.6 is 0 Å². The molecule has 0 spiro atoms. The number of ether oxygens (including phenoxy) is 3. The number of esters is 1. The first kappa shape index (κ1) is 14.3. The van der Waals surface area contributed by atoms with Crippen LogP contribution in [-0.2, 0) is 16.1 Å². The zero-order valence-corrected chi connectivity index (χ0v) is 10.8. The highest BCUT2D eigenvalue weighted by Crippen LogP contribution is 2.29. The molecule has 5 nitrogen and oxygen atoms in total. The van der Waals surface area contributed by atoms with E-state index in [0.29, 0.717) is 23.7 Å². The van der Waals surface area contributed by atoms with Gasteiger partial charge in [-0.1, -0.05) is 6.07 Å². The predicted octanol–water partition coefficient (Wildman–Crippen LogP) is 1.52. The van der Waals surface area contributed by atoms with Crippen LogP contribution < -0.4 is 9.47 Å². The van der Waals surface area contributed by atoms with Crippen LogP contribution in [0.4, 0.5) is 0 Å². The van der Waals surface area contributed by atoms with E-state index in [0.717, 1.165) is 0 Å². The smallest absolute Gasteiger partial charge is 0.347 e. The van der Waals surface area contributed by atoms with Crippen molar-refractivity contribution in [2.45, 2.75) is 26.6 Å². The Balaban J connectivity index is 2.84. The van der Waals surface area contributed by atoms with E-state index in [1.807, 2.05) is 0 Å². The monoisotopic (exact) mass is 254 g/mol. The molecule has 1 rings (SSSR count). The number of methoxy groups -OCH3 is 1. The lowest BCUT2D eigenvalue weighted by Gasteiger charge is -2.16. The Kier molecular flexibility index (Phi) is 5.45. The Hall–Kier alpha value is -1.75. The topological polar surface area (TPSA) is 65.0 Å². The molecule has 0 bridgehead atoms.